The van der Waals surface area contributed by atoms with Crippen molar-refractivity contribution in [3.63, 3.8) is 0 Å². The van der Waals surface area contributed by atoms with E-state index in [0.29, 0.717) is 0 Å². The minimum absolute atomic E-state index is 0.837. The molecule has 0 radical (unpaired) electrons. The highest BCUT2D eigenvalue weighted by molar-refractivity contribution is 6.23. The van der Waals surface area contributed by atoms with Crippen LogP contribution >= 0.6 is 0 Å². The van der Waals surface area contributed by atoms with Crippen molar-refractivity contribution in [1.29, 1.82) is 0 Å². The Bertz CT molecular complexity index is 2800. The van der Waals surface area contributed by atoms with Gasteiger partial charge >= 0.3 is 0 Å². The van der Waals surface area contributed by atoms with Crippen molar-refractivity contribution in [3.05, 3.63) is 164 Å². The number of hydrogen-bond donors (Lipinski definition) is 0. The van der Waals surface area contributed by atoms with Crippen LogP contribution < -0.4 is 4.90 Å². The lowest BCUT2D eigenvalue weighted by atomic mass is 9.97. The second-order valence-electron chi connectivity index (χ2n) is 12.1. The Labute approximate surface area is 270 Å². The van der Waals surface area contributed by atoms with E-state index in [-0.39, 0.29) is 0 Å². The van der Waals surface area contributed by atoms with E-state index in [4.69, 9.17) is 8.83 Å². The fourth-order valence-corrected chi connectivity index (χ4v) is 7.31. The Kier molecular flexibility index (Phi) is 5.57. The van der Waals surface area contributed by atoms with Crippen molar-refractivity contribution < 1.29 is 8.83 Å². The van der Waals surface area contributed by atoms with Crippen LogP contribution in [0, 0.1) is 0 Å². The van der Waals surface area contributed by atoms with Gasteiger partial charge in [0.05, 0.1) is 11.4 Å². The number of fused-ring (bicyclic) bond motifs is 9. The number of hydrogen-bond acceptors (Lipinski definition) is 3. The molecule has 3 heteroatoms. The first kappa shape index (κ1) is 26.0. The van der Waals surface area contributed by atoms with Crippen molar-refractivity contribution in [1.82, 2.24) is 0 Å². The van der Waals surface area contributed by atoms with Gasteiger partial charge in [0.15, 0.2) is 11.2 Å². The van der Waals surface area contributed by atoms with Gasteiger partial charge < -0.3 is 13.7 Å². The Morgan fingerprint density at radius 3 is 1.81 bits per heavy atom. The molecular formula is C44H27NO2. The molecule has 0 N–H and O–H groups in total. The lowest BCUT2D eigenvalue weighted by molar-refractivity contribution is 0.666. The van der Waals surface area contributed by atoms with Gasteiger partial charge in [-0.3, -0.25) is 0 Å². The van der Waals surface area contributed by atoms with Crippen LogP contribution in [-0.4, -0.2) is 0 Å². The quantitative estimate of drug-likeness (QED) is 0.201. The molecular weight excluding hydrogens is 574 g/mol. The van der Waals surface area contributed by atoms with Gasteiger partial charge in [-0.25, -0.2) is 0 Å². The molecule has 0 aliphatic rings. The second kappa shape index (κ2) is 10.1. The van der Waals surface area contributed by atoms with Crippen LogP contribution in [0.5, 0.6) is 0 Å². The number of furan rings is 2. The fraction of sp³-hybridized carbons (Fsp3) is 0. The average Bonchev–Trinajstić information content (AvgIpc) is 3.72. The second-order valence-corrected chi connectivity index (χ2v) is 12.1. The fourth-order valence-electron chi connectivity index (χ4n) is 7.31. The van der Waals surface area contributed by atoms with Gasteiger partial charge in [-0.2, -0.15) is 0 Å². The molecule has 2 heterocycles. The van der Waals surface area contributed by atoms with Crippen LogP contribution in [0.25, 0.3) is 76.5 Å². The third kappa shape index (κ3) is 3.93. The largest absolute Gasteiger partial charge is 0.454 e. The lowest BCUT2D eigenvalue weighted by Crippen LogP contribution is -2.10. The van der Waals surface area contributed by atoms with Gasteiger partial charge in [0.2, 0.25) is 0 Å². The third-order valence-corrected chi connectivity index (χ3v) is 9.44. The third-order valence-electron chi connectivity index (χ3n) is 9.44. The highest BCUT2D eigenvalue weighted by atomic mass is 16.3. The molecule has 0 atom stereocenters. The van der Waals surface area contributed by atoms with Crippen LogP contribution in [0.3, 0.4) is 0 Å². The van der Waals surface area contributed by atoms with Crippen molar-refractivity contribution >= 4 is 82.5 Å². The minimum Gasteiger partial charge on any atom is -0.454 e. The maximum atomic E-state index is 6.76. The normalized spacial score (nSPS) is 11.8. The first-order chi connectivity index (χ1) is 23.3. The summed E-state index contributed by atoms with van der Waals surface area (Å²) in [7, 11) is 0. The molecule has 3 nitrogen and oxygen atoms in total. The molecule has 0 fully saturated rings. The van der Waals surface area contributed by atoms with Crippen LogP contribution in [0.15, 0.2) is 173 Å². The zero-order chi connectivity index (χ0) is 30.9. The SMILES string of the molecule is c1ccc2c(-c3ccc(N(c4cccc5c4oc4ccccc45)c4cc5ccccc5c5c4oc4ccccc45)cc3)cccc2c1. The summed E-state index contributed by atoms with van der Waals surface area (Å²) in [5.41, 5.74) is 8.72. The molecule has 0 bridgehead atoms. The first-order valence-corrected chi connectivity index (χ1v) is 15.9. The van der Waals surface area contributed by atoms with Gasteiger partial charge in [0.1, 0.15) is 11.2 Å². The molecule has 0 amide bonds. The van der Waals surface area contributed by atoms with E-state index >= 15 is 0 Å². The van der Waals surface area contributed by atoms with Gasteiger partial charge in [-0.05, 0) is 69.1 Å². The number of nitrogens with zero attached hydrogens (tertiary/aromatic N) is 1. The van der Waals surface area contributed by atoms with Crippen LogP contribution in [0.1, 0.15) is 0 Å². The van der Waals surface area contributed by atoms with Gasteiger partial charge in [-0.1, -0.05) is 127 Å². The summed E-state index contributed by atoms with van der Waals surface area (Å²) in [5.74, 6) is 0. The van der Waals surface area contributed by atoms with E-state index < -0.39 is 0 Å². The molecule has 220 valence electrons. The van der Waals surface area contributed by atoms with Crippen LogP contribution in [0.2, 0.25) is 0 Å². The molecule has 0 spiro atoms. The van der Waals surface area contributed by atoms with E-state index in [2.05, 4.69) is 150 Å². The number of anilines is 3. The summed E-state index contributed by atoms with van der Waals surface area (Å²) >= 11 is 0. The van der Waals surface area contributed by atoms with Gasteiger partial charge in [0.25, 0.3) is 0 Å². The minimum atomic E-state index is 0.837. The van der Waals surface area contributed by atoms with Crippen molar-refractivity contribution in [2.75, 3.05) is 4.90 Å². The zero-order valence-electron chi connectivity index (χ0n) is 25.4. The highest BCUT2D eigenvalue weighted by Crippen LogP contribution is 2.48. The summed E-state index contributed by atoms with van der Waals surface area (Å²) in [6, 6.07) is 57.7. The van der Waals surface area contributed by atoms with Gasteiger partial charge in [-0.15, -0.1) is 0 Å². The Morgan fingerprint density at radius 1 is 0.383 bits per heavy atom. The molecule has 0 aliphatic carbocycles. The smallest absolute Gasteiger partial charge is 0.160 e. The van der Waals surface area contributed by atoms with Crippen molar-refractivity contribution in [2.24, 2.45) is 0 Å². The number of benzene rings is 8. The van der Waals surface area contributed by atoms with Crippen LogP contribution in [0.4, 0.5) is 17.1 Å². The summed E-state index contributed by atoms with van der Waals surface area (Å²) < 4.78 is 13.4. The zero-order valence-corrected chi connectivity index (χ0v) is 25.4. The summed E-state index contributed by atoms with van der Waals surface area (Å²) in [6.45, 7) is 0. The average molecular weight is 602 g/mol. The number of para-hydroxylation sites is 3. The Hall–Kier alpha value is -6.32. The monoisotopic (exact) mass is 601 g/mol. The van der Waals surface area contributed by atoms with Crippen molar-refractivity contribution in [2.45, 2.75) is 0 Å². The summed E-state index contributed by atoms with van der Waals surface area (Å²) in [6.07, 6.45) is 0. The van der Waals surface area contributed by atoms with E-state index in [1.165, 1.54) is 27.3 Å². The van der Waals surface area contributed by atoms with E-state index in [1.54, 1.807) is 0 Å². The van der Waals surface area contributed by atoms with E-state index in [9.17, 15) is 0 Å². The van der Waals surface area contributed by atoms with Crippen molar-refractivity contribution in [3.8, 4) is 11.1 Å². The Morgan fingerprint density at radius 2 is 0.979 bits per heavy atom. The highest BCUT2D eigenvalue weighted by Gasteiger charge is 2.24. The van der Waals surface area contributed by atoms with Gasteiger partial charge in [0, 0.05) is 27.2 Å². The Balaban J connectivity index is 1.27. The molecule has 10 rings (SSSR count). The predicted molar refractivity (Wildman–Crippen MR) is 196 cm³/mol. The molecule has 0 aliphatic heterocycles. The molecule has 0 saturated heterocycles. The summed E-state index contributed by atoms with van der Waals surface area (Å²) in [4.78, 5) is 2.30. The number of rotatable bonds is 4. The summed E-state index contributed by atoms with van der Waals surface area (Å²) in [5, 5.41) is 9.19. The molecule has 2 aromatic heterocycles. The topological polar surface area (TPSA) is 29.5 Å². The standard InChI is InChI=1S/C44H27NO2/c1-3-14-32-28(11-1)13-9-18-33(32)29-23-25-31(26-24-29)45(38-20-10-19-36-35-16-5-7-21-40(35)46-43(36)38)39-27-30-12-2-4-15-34(30)42-37-17-6-8-22-41(37)47-44(39)42/h1-27H. The van der Waals surface area contributed by atoms with Crippen LogP contribution in [-0.2, 0) is 0 Å². The van der Waals surface area contributed by atoms with E-state index in [1.807, 2.05) is 18.2 Å². The maximum absolute atomic E-state index is 6.76. The maximum Gasteiger partial charge on any atom is 0.160 e. The predicted octanol–water partition coefficient (Wildman–Crippen LogP) is 12.9. The van der Waals surface area contributed by atoms with E-state index in [0.717, 1.165) is 66.3 Å². The molecule has 8 aromatic carbocycles. The first-order valence-electron chi connectivity index (χ1n) is 15.9. The molecule has 0 saturated carbocycles. The molecule has 0 unspecified atom stereocenters. The molecule has 10 aromatic rings. The lowest BCUT2D eigenvalue weighted by Gasteiger charge is -2.26. The molecule has 47 heavy (non-hydrogen) atoms.